The van der Waals surface area contributed by atoms with Crippen LogP contribution in [-0.4, -0.2) is 23.9 Å². The lowest BCUT2D eigenvalue weighted by Gasteiger charge is -2.35. The van der Waals surface area contributed by atoms with Gasteiger partial charge in [-0.05, 0) is 31.9 Å². The van der Waals surface area contributed by atoms with Gasteiger partial charge in [0.1, 0.15) is 5.82 Å². The molecule has 0 N–H and O–H groups in total. The summed E-state index contributed by atoms with van der Waals surface area (Å²) in [6.45, 7) is 3.06. The fraction of sp³-hybridized carbons (Fsp3) is 0.571. The number of hydrogen-bond acceptors (Lipinski definition) is 3. The monoisotopic (exact) mass is 232 g/mol. The lowest BCUT2D eigenvalue weighted by molar-refractivity contribution is 0.112. The lowest BCUT2D eigenvalue weighted by Crippen LogP contribution is -2.37. The number of anilines is 1. The Hall–Kier alpha value is -1.38. The summed E-state index contributed by atoms with van der Waals surface area (Å²) in [5.74, 6) is 0.858. The van der Waals surface area contributed by atoms with Crippen molar-refractivity contribution in [1.29, 1.82) is 0 Å². The first-order valence-electron chi connectivity index (χ1n) is 6.53. The second-order valence-corrected chi connectivity index (χ2v) is 4.61. The summed E-state index contributed by atoms with van der Waals surface area (Å²) in [7, 11) is 0. The molecule has 17 heavy (non-hydrogen) atoms. The number of hydrogen-bond donors (Lipinski definition) is 0. The largest absolute Gasteiger partial charge is 0.353 e. The highest BCUT2D eigenvalue weighted by molar-refractivity contribution is 5.82. The van der Waals surface area contributed by atoms with Crippen molar-refractivity contribution in [3.8, 4) is 0 Å². The van der Waals surface area contributed by atoms with Crippen LogP contribution in [0.15, 0.2) is 18.3 Å². The Morgan fingerprint density at radius 3 is 2.82 bits per heavy atom. The van der Waals surface area contributed by atoms with Gasteiger partial charge < -0.3 is 4.90 Å². The fourth-order valence-corrected chi connectivity index (χ4v) is 2.71. The second-order valence-electron chi connectivity index (χ2n) is 4.61. The Labute approximate surface area is 103 Å². The van der Waals surface area contributed by atoms with Gasteiger partial charge in [0.25, 0.3) is 0 Å². The zero-order chi connectivity index (χ0) is 12.1. The Kier molecular flexibility index (Phi) is 4.13. The molecule has 1 aromatic heterocycles. The van der Waals surface area contributed by atoms with E-state index in [0.717, 1.165) is 18.6 Å². The predicted molar refractivity (Wildman–Crippen MR) is 69.5 cm³/mol. The summed E-state index contributed by atoms with van der Waals surface area (Å²) in [6, 6.07) is 4.23. The average Bonchev–Trinajstić information content (AvgIpc) is 2.41. The van der Waals surface area contributed by atoms with Gasteiger partial charge in [-0.3, -0.25) is 4.79 Å². The molecule has 0 radical (unpaired) electrons. The number of carbonyl (C=O) groups is 1. The van der Waals surface area contributed by atoms with E-state index in [4.69, 9.17) is 0 Å². The summed E-state index contributed by atoms with van der Waals surface area (Å²) in [6.07, 6.45) is 9.07. The van der Waals surface area contributed by atoms with Crippen LogP contribution in [0.25, 0.3) is 0 Å². The molecule has 3 heteroatoms. The van der Waals surface area contributed by atoms with Gasteiger partial charge in [0.05, 0.1) is 5.56 Å². The maximum atomic E-state index is 11.1. The van der Waals surface area contributed by atoms with E-state index < -0.39 is 0 Å². The maximum Gasteiger partial charge on any atom is 0.153 e. The third-order valence-corrected chi connectivity index (χ3v) is 3.57. The molecule has 92 valence electrons. The van der Waals surface area contributed by atoms with Crippen LogP contribution in [0, 0.1) is 0 Å². The summed E-state index contributed by atoms with van der Waals surface area (Å²) >= 11 is 0. The van der Waals surface area contributed by atoms with Crippen LogP contribution in [0.1, 0.15) is 49.4 Å². The minimum Gasteiger partial charge on any atom is -0.353 e. The third-order valence-electron chi connectivity index (χ3n) is 3.57. The molecule has 0 spiro atoms. The van der Waals surface area contributed by atoms with Crippen molar-refractivity contribution in [3.63, 3.8) is 0 Å². The minimum atomic E-state index is 0.558. The zero-order valence-corrected chi connectivity index (χ0v) is 10.4. The Bertz CT molecular complexity index is 372. The second kappa shape index (κ2) is 5.80. The van der Waals surface area contributed by atoms with E-state index >= 15 is 0 Å². The highest BCUT2D eigenvalue weighted by Crippen LogP contribution is 2.27. The number of pyridine rings is 1. The number of carbonyl (C=O) groups excluding carboxylic acids is 1. The van der Waals surface area contributed by atoms with Crippen molar-refractivity contribution < 1.29 is 4.79 Å². The molecule has 0 bridgehead atoms. The van der Waals surface area contributed by atoms with E-state index in [1.165, 1.54) is 32.1 Å². The van der Waals surface area contributed by atoms with Crippen LogP contribution in [-0.2, 0) is 0 Å². The van der Waals surface area contributed by atoms with Gasteiger partial charge in [-0.25, -0.2) is 4.98 Å². The van der Waals surface area contributed by atoms with Gasteiger partial charge >= 0.3 is 0 Å². The van der Waals surface area contributed by atoms with E-state index in [1.807, 2.05) is 12.1 Å². The van der Waals surface area contributed by atoms with E-state index in [9.17, 15) is 4.79 Å². The van der Waals surface area contributed by atoms with Crippen LogP contribution in [0.2, 0.25) is 0 Å². The van der Waals surface area contributed by atoms with Crippen molar-refractivity contribution >= 4 is 12.1 Å². The minimum absolute atomic E-state index is 0.558. The maximum absolute atomic E-state index is 11.1. The Morgan fingerprint density at radius 1 is 1.41 bits per heavy atom. The van der Waals surface area contributed by atoms with Crippen LogP contribution >= 0.6 is 0 Å². The van der Waals surface area contributed by atoms with Crippen molar-refractivity contribution in [1.82, 2.24) is 4.98 Å². The Morgan fingerprint density at radius 2 is 2.18 bits per heavy atom. The van der Waals surface area contributed by atoms with Crippen LogP contribution in [0.5, 0.6) is 0 Å². The molecule has 1 saturated carbocycles. The van der Waals surface area contributed by atoms with Crippen molar-refractivity contribution in [2.45, 2.75) is 45.1 Å². The third kappa shape index (κ3) is 2.65. The van der Waals surface area contributed by atoms with E-state index in [-0.39, 0.29) is 0 Å². The molecule has 0 aromatic carbocycles. The van der Waals surface area contributed by atoms with Crippen LogP contribution in [0.3, 0.4) is 0 Å². The SMILES string of the molecule is CCN(c1ncccc1C=O)C1CCCCC1. The highest BCUT2D eigenvalue weighted by Gasteiger charge is 2.22. The molecule has 1 aromatic rings. The van der Waals surface area contributed by atoms with Crippen LogP contribution < -0.4 is 4.90 Å². The number of rotatable bonds is 4. The molecule has 0 aliphatic heterocycles. The van der Waals surface area contributed by atoms with Gasteiger partial charge in [0.15, 0.2) is 6.29 Å². The topological polar surface area (TPSA) is 33.2 Å². The molecule has 1 heterocycles. The molecule has 0 saturated heterocycles. The van der Waals surface area contributed by atoms with Crippen LogP contribution in [0.4, 0.5) is 5.82 Å². The van der Waals surface area contributed by atoms with E-state index in [2.05, 4.69) is 16.8 Å². The average molecular weight is 232 g/mol. The van der Waals surface area contributed by atoms with Crippen molar-refractivity contribution in [3.05, 3.63) is 23.9 Å². The standard InChI is InChI=1S/C14H20N2O/c1-2-16(13-8-4-3-5-9-13)14-12(11-17)7-6-10-15-14/h6-7,10-11,13H,2-5,8-9H2,1H3. The van der Waals surface area contributed by atoms with Gasteiger partial charge in [0, 0.05) is 18.8 Å². The lowest BCUT2D eigenvalue weighted by atomic mass is 9.94. The Balaban J connectivity index is 2.24. The molecular weight excluding hydrogens is 212 g/mol. The number of aldehydes is 1. The normalized spacial score (nSPS) is 16.8. The first-order chi connectivity index (χ1) is 8.36. The molecule has 0 amide bonds. The van der Waals surface area contributed by atoms with Crippen molar-refractivity contribution in [2.24, 2.45) is 0 Å². The van der Waals surface area contributed by atoms with Gasteiger partial charge in [-0.15, -0.1) is 0 Å². The van der Waals surface area contributed by atoms with Gasteiger partial charge in [-0.2, -0.15) is 0 Å². The smallest absolute Gasteiger partial charge is 0.153 e. The molecule has 0 atom stereocenters. The number of nitrogens with zero attached hydrogens (tertiary/aromatic N) is 2. The molecule has 1 aliphatic rings. The highest BCUT2D eigenvalue weighted by atomic mass is 16.1. The zero-order valence-electron chi connectivity index (χ0n) is 10.4. The fourth-order valence-electron chi connectivity index (χ4n) is 2.71. The molecule has 1 aliphatic carbocycles. The summed E-state index contributed by atoms with van der Waals surface area (Å²) in [4.78, 5) is 17.7. The predicted octanol–water partition coefficient (Wildman–Crippen LogP) is 3.05. The van der Waals surface area contributed by atoms with Gasteiger partial charge in [0.2, 0.25) is 0 Å². The van der Waals surface area contributed by atoms with E-state index in [0.29, 0.717) is 11.6 Å². The first-order valence-corrected chi connectivity index (χ1v) is 6.53. The molecular formula is C14H20N2O. The first kappa shape index (κ1) is 12.1. The quantitative estimate of drug-likeness (QED) is 0.748. The summed E-state index contributed by atoms with van der Waals surface area (Å²) < 4.78 is 0. The number of aromatic nitrogens is 1. The molecule has 0 unspecified atom stereocenters. The molecule has 2 rings (SSSR count). The van der Waals surface area contributed by atoms with Gasteiger partial charge in [-0.1, -0.05) is 19.3 Å². The van der Waals surface area contributed by atoms with Crippen molar-refractivity contribution in [2.75, 3.05) is 11.4 Å². The van der Waals surface area contributed by atoms with E-state index in [1.54, 1.807) is 6.20 Å². The summed E-state index contributed by atoms with van der Waals surface area (Å²) in [5.41, 5.74) is 0.708. The summed E-state index contributed by atoms with van der Waals surface area (Å²) in [5, 5.41) is 0. The molecule has 1 fully saturated rings. The molecule has 3 nitrogen and oxygen atoms in total.